The van der Waals surface area contributed by atoms with Gasteiger partial charge in [-0.1, -0.05) is 30.3 Å². The summed E-state index contributed by atoms with van der Waals surface area (Å²) in [7, 11) is 0. The monoisotopic (exact) mass is 250 g/mol. The third-order valence-corrected chi connectivity index (χ3v) is 3.20. The Morgan fingerprint density at radius 1 is 1.06 bits per heavy atom. The van der Waals surface area contributed by atoms with E-state index in [4.69, 9.17) is 4.74 Å². The van der Waals surface area contributed by atoms with Crippen molar-refractivity contribution in [1.29, 1.82) is 0 Å². The van der Waals surface area contributed by atoms with Crippen LogP contribution in [0.2, 0.25) is 0 Å². The first-order valence-corrected chi connectivity index (χ1v) is 6.35. The Morgan fingerprint density at radius 3 is 2.69 bits per heavy atom. The molecular formula is C13H14OS2. The molecule has 0 aliphatic heterocycles. The van der Waals surface area contributed by atoms with Crippen LogP contribution in [0.25, 0.3) is 10.8 Å². The van der Waals surface area contributed by atoms with Crippen molar-refractivity contribution < 1.29 is 4.74 Å². The Bertz CT molecular complexity index is 482. The number of fused-ring (bicyclic) bond motifs is 1. The lowest BCUT2D eigenvalue weighted by atomic mass is 10.1. The number of benzene rings is 2. The summed E-state index contributed by atoms with van der Waals surface area (Å²) in [5.41, 5.74) is 0. The number of hydrogen-bond donors (Lipinski definition) is 2. The van der Waals surface area contributed by atoms with Crippen molar-refractivity contribution in [3.8, 4) is 5.75 Å². The van der Waals surface area contributed by atoms with Crippen LogP contribution in [0.15, 0.2) is 41.3 Å². The zero-order chi connectivity index (χ0) is 11.4. The van der Waals surface area contributed by atoms with Crippen molar-refractivity contribution in [2.75, 3.05) is 12.4 Å². The SMILES string of the molecule is SCCCOc1ccc2ccccc2c1S. The minimum Gasteiger partial charge on any atom is -0.492 e. The second-order valence-corrected chi connectivity index (χ2v) is 4.45. The van der Waals surface area contributed by atoms with Crippen LogP contribution in [-0.2, 0) is 0 Å². The van der Waals surface area contributed by atoms with Crippen molar-refractivity contribution in [1.82, 2.24) is 0 Å². The second kappa shape index (κ2) is 5.51. The molecule has 0 fully saturated rings. The van der Waals surface area contributed by atoms with Gasteiger partial charge in [-0.3, -0.25) is 0 Å². The average molecular weight is 250 g/mol. The summed E-state index contributed by atoms with van der Waals surface area (Å²) in [5.74, 6) is 1.69. The normalized spacial score (nSPS) is 10.6. The van der Waals surface area contributed by atoms with Gasteiger partial charge in [0.25, 0.3) is 0 Å². The van der Waals surface area contributed by atoms with Crippen LogP contribution in [0.1, 0.15) is 6.42 Å². The molecule has 0 radical (unpaired) electrons. The fourth-order valence-electron chi connectivity index (χ4n) is 1.60. The third kappa shape index (κ3) is 2.47. The van der Waals surface area contributed by atoms with Crippen LogP contribution in [0.4, 0.5) is 0 Å². The quantitative estimate of drug-likeness (QED) is 0.619. The average Bonchev–Trinajstić information content (AvgIpc) is 2.33. The smallest absolute Gasteiger partial charge is 0.133 e. The fourth-order valence-corrected chi connectivity index (χ4v) is 2.07. The van der Waals surface area contributed by atoms with Gasteiger partial charge in [0.2, 0.25) is 0 Å². The van der Waals surface area contributed by atoms with Gasteiger partial charge in [-0.15, -0.1) is 12.6 Å². The molecule has 0 atom stereocenters. The molecule has 0 saturated heterocycles. The maximum Gasteiger partial charge on any atom is 0.133 e. The predicted octanol–water partition coefficient (Wildman–Crippen LogP) is 3.83. The predicted molar refractivity (Wildman–Crippen MR) is 75.2 cm³/mol. The maximum absolute atomic E-state index is 5.66. The highest BCUT2D eigenvalue weighted by molar-refractivity contribution is 7.80. The highest BCUT2D eigenvalue weighted by Crippen LogP contribution is 2.31. The Hall–Kier alpha value is -0.800. The zero-order valence-electron chi connectivity index (χ0n) is 8.89. The van der Waals surface area contributed by atoms with Gasteiger partial charge < -0.3 is 4.74 Å². The largest absolute Gasteiger partial charge is 0.492 e. The molecule has 2 rings (SSSR count). The van der Waals surface area contributed by atoms with E-state index >= 15 is 0 Å². The molecule has 3 heteroatoms. The van der Waals surface area contributed by atoms with Crippen molar-refractivity contribution in [2.45, 2.75) is 11.3 Å². The Balaban J connectivity index is 2.29. The highest BCUT2D eigenvalue weighted by Gasteiger charge is 2.04. The molecule has 0 amide bonds. The number of hydrogen-bond acceptors (Lipinski definition) is 3. The van der Waals surface area contributed by atoms with Crippen LogP contribution in [0.5, 0.6) is 5.75 Å². The summed E-state index contributed by atoms with van der Waals surface area (Å²) in [4.78, 5) is 0.914. The van der Waals surface area contributed by atoms with Gasteiger partial charge >= 0.3 is 0 Å². The molecule has 0 aliphatic carbocycles. The van der Waals surface area contributed by atoms with Crippen LogP contribution in [0.3, 0.4) is 0 Å². The summed E-state index contributed by atoms with van der Waals surface area (Å²) in [6, 6.07) is 12.2. The molecule has 2 aromatic rings. The molecule has 0 bridgehead atoms. The molecule has 1 nitrogen and oxygen atoms in total. The molecule has 0 heterocycles. The van der Waals surface area contributed by atoms with Crippen LogP contribution < -0.4 is 4.74 Å². The molecule has 0 saturated carbocycles. The summed E-state index contributed by atoms with van der Waals surface area (Å²) >= 11 is 8.67. The van der Waals surface area contributed by atoms with Gasteiger partial charge in [0.1, 0.15) is 5.75 Å². The fraction of sp³-hybridized carbons (Fsp3) is 0.231. The Labute approximate surface area is 107 Å². The van der Waals surface area contributed by atoms with E-state index < -0.39 is 0 Å². The number of thiol groups is 2. The van der Waals surface area contributed by atoms with E-state index in [-0.39, 0.29) is 0 Å². The minimum atomic E-state index is 0.690. The summed E-state index contributed by atoms with van der Waals surface area (Å²) in [6.45, 7) is 0.690. The van der Waals surface area contributed by atoms with E-state index in [9.17, 15) is 0 Å². The second-order valence-electron chi connectivity index (χ2n) is 3.56. The van der Waals surface area contributed by atoms with Gasteiger partial charge in [0.15, 0.2) is 0 Å². The Kier molecular flexibility index (Phi) is 4.02. The van der Waals surface area contributed by atoms with Crippen molar-refractivity contribution in [2.24, 2.45) is 0 Å². The summed E-state index contributed by atoms with van der Waals surface area (Å²) in [5, 5.41) is 2.32. The van der Waals surface area contributed by atoms with E-state index in [0.29, 0.717) is 6.61 Å². The van der Waals surface area contributed by atoms with Crippen LogP contribution in [0, 0.1) is 0 Å². The van der Waals surface area contributed by atoms with Crippen LogP contribution in [-0.4, -0.2) is 12.4 Å². The lowest BCUT2D eigenvalue weighted by molar-refractivity contribution is 0.312. The standard InChI is InChI=1S/C13H14OS2/c15-9-3-8-14-12-7-6-10-4-1-2-5-11(10)13(12)16/h1-2,4-7,15-16H,3,8-9H2. The first kappa shape index (κ1) is 11.7. The first-order valence-electron chi connectivity index (χ1n) is 5.27. The Morgan fingerprint density at radius 2 is 1.88 bits per heavy atom. The molecule has 0 aliphatic rings. The molecule has 84 valence electrons. The lowest BCUT2D eigenvalue weighted by Crippen LogP contribution is -1.98. The summed E-state index contributed by atoms with van der Waals surface area (Å²) in [6.07, 6.45) is 0.948. The molecule has 16 heavy (non-hydrogen) atoms. The van der Waals surface area contributed by atoms with E-state index in [1.165, 1.54) is 5.39 Å². The lowest BCUT2D eigenvalue weighted by Gasteiger charge is -2.10. The molecule has 0 spiro atoms. The van der Waals surface area contributed by atoms with Gasteiger partial charge in [-0.25, -0.2) is 0 Å². The minimum absolute atomic E-state index is 0.690. The third-order valence-electron chi connectivity index (χ3n) is 2.42. The maximum atomic E-state index is 5.66. The molecule has 0 unspecified atom stereocenters. The van der Waals surface area contributed by atoms with E-state index in [1.54, 1.807) is 0 Å². The first-order chi connectivity index (χ1) is 7.83. The molecule has 0 N–H and O–H groups in total. The van der Waals surface area contributed by atoms with E-state index in [0.717, 1.165) is 28.2 Å². The van der Waals surface area contributed by atoms with Gasteiger partial charge in [0.05, 0.1) is 11.5 Å². The molecule has 2 aromatic carbocycles. The van der Waals surface area contributed by atoms with Crippen molar-refractivity contribution in [3.05, 3.63) is 36.4 Å². The van der Waals surface area contributed by atoms with Gasteiger partial charge in [0, 0.05) is 0 Å². The van der Waals surface area contributed by atoms with Crippen molar-refractivity contribution >= 4 is 36.0 Å². The van der Waals surface area contributed by atoms with E-state index in [2.05, 4.69) is 43.5 Å². The van der Waals surface area contributed by atoms with E-state index in [1.807, 2.05) is 18.2 Å². The number of ether oxygens (including phenoxy) is 1. The molecule has 0 aromatic heterocycles. The van der Waals surface area contributed by atoms with Gasteiger partial charge in [-0.05, 0) is 29.0 Å². The number of rotatable bonds is 4. The van der Waals surface area contributed by atoms with Crippen molar-refractivity contribution in [3.63, 3.8) is 0 Å². The zero-order valence-corrected chi connectivity index (χ0v) is 10.7. The molecular weight excluding hydrogens is 236 g/mol. The highest BCUT2D eigenvalue weighted by atomic mass is 32.1. The van der Waals surface area contributed by atoms with Gasteiger partial charge in [-0.2, -0.15) is 12.6 Å². The summed E-state index contributed by atoms with van der Waals surface area (Å²) < 4.78 is 5.66. The topological polar surface area (TPSA) is 9.23 Å². The van der Waals surface area contributed by atoms with Crippen LogP contribution >= 0.6 is 25.3 Å².